The van der Waals surface area contributed by atoms with E-state index in [0.717, 1.165) is 0 Å². The van der Waals surface area contributed by atoms with Gasteiger partial charge in [0.1, 0.15) is 16.9 Å². The lowest BCUT2D eigenvalue weighted by Gasteiger charge is -2.14. The Bertz CT molecular complexity index is 812. The summed E-state index contributed by atoms with van der Waals surface area (Å²) in [6, 6.07) is 4.41. The molecule has 0 spiro atoms. The first-order valence-corrected chi connectivity index (χ1v) is 8.34. The van der Waals surface area contributed by atoms with Crippen LogP contribution in [0.3, 0.4) is 0 Å². The summed E-state index contributed by atoms with van der Waals surface area (Å²) in [7, 11) is 0. The van der Waals surface area contributed by atoms with Gasteiger partial charge in [-0.2, -0.15) is 0 Å². The highest BCUT2D eigenvalue weighted by atomic mass is 32.1. The molecule has 1 atom stereocenters. The van der Waals surface area contributed by atoms with Gasteiger partial charge in [0.15, 0.2) is 5.01 Å². The molecule has 1 aliphatic rings. The van der Waals surface area contributed by atoms with Gasteiger partial charge in [-0.1, -0.05) is 11.3 Å². The maximum Gasteiger partial charge on any atom is 0.414 e. The molecule has 2 amide bonds. The SMILES string of the molecule is CC(=O)NCC1CN(c2ccc(-c3nnc(CN)s3)c(F)c2)C(=O)O1. The number of hydrogen-bond donors (Lipinski definition) is 2. The second-order valence-electron chi connectivity index (χ2n) is 5.42. The number of cyclic esters (lactones) is 1. The minimum absolute atomic E-state index is 0.209. The first-order valence-electron chi connectivity index (χ1n) is 7.53. The van der Waals surface area contributed by atoms with E-state index < -0.39 is 18.0 Å². The summed E-state index contributed by atoms with van der Waals surface area (Å²) in [6.07, 6.45) is -1.06. The first kappa shape index (κ1) is 17.2. The van der Waals surface area contributed by atoms with E-state index in [0.29, 0.717) is 21.3 Å². The van der Waals surface area contributed by atoms with Crippen molar-refractivity contribution in [3.05, 3.63) is 29.0 Å². The lowest BCUT2D eigenvalue weighted by Crippen LogP contribution is -2.33. The number of anilines is 1. The number of aromatic nitrogens is 2. The molecule has 25 heavy (non-hydrogen) atoms. The van der Waals surface area contributed by atoms with Crippen molar-refractivity contribution in [3.63, 3.8) is 0 Å². The third-order valence-corrected chi connectivity index (χ3v) is 4.57. The number of ether oxygens (including phenoxy) is 1. The number of nitrogens with two attached hydrogens (primary N) is 1. The van der Waals surface area contributed by atoms with Crippen molar-refractivity contribution < 1.29 is 18.7 Å². The molecule has 0 radical (unpaired) electrons. The maximum atomic E-state index is 14.5. The molecule has 3 rings (SSSR count). The summed E-state index contributed by atoms with van der Waals surface area (Å²) in [5.74, 6) is -0.728. The summed E-state index contributed by atoms with van der Waals surface area (Å²) in [5, 5.41) is 11.4. The molecule has 0 bridgehead atoms. The molecular weight excluding hydrogens is 349 g/mol. The zero-order valence-corrected chi connectivity index (χ0v) is 14.2. The summed E-state index contributed by atoms with van der Waals surface area (Å²) < 4.78 is 19.6. The van der Waals surface area contributed by atoms with E-state index in [1.54, 1.807) is 12.1 Å². The number of carbonyl (C=O) groups excluding carboxylic acids is 2. The number of hydrogen-bond acceptors (Lipinski definition) is 7. The zero-order valence-electron chi connectivity index (χ0n) is 13.4. The van der Waals surface area contributed by atoms with Crippen LogP contribution in [-0.2, 0) is 16.1 Å². The van der Waals surface area contributed by atoms with Crippen LogP contribution in [0.25, 0.3) is 10.6 Å². The predicted molar refractivity (Wildman–Crippen MR) is 89.5 cm³/mol. The van der Waals surface area contributed by atoms with Gasteiger partial charge in [0.25, 0.3) is 0 Å². The van der Waals surface area contributed by atoms with Gasteiger partial charge in [0.05, 0.1) is 18.8 Å². The average Bonchev–Trinajstić information content (AvgIpc) is 3.19. The minimum Gasteiger partial charge on any atom is -0.442 e. The molecule has 3 N–H and O–H groups in total. The largest absolute Gasteiger partial charge is 0.442 e. The molecule has 1 fully saturated rings. The van der Waals surface area contributed by atoms with E-state index in [4.69, 9.17) is 10.5 Å². The van der Waals surface area contributed by atoms with Gasteiger partial charge >= 0.3 is 6.09 Å². The molecule has 132 valence electrons. The molecular formula is C15H16FN5O3S. The Balaban J connectivity index is 1.76. The Labute approximate surface area is 146 Å². The van der Waals surface area contributed by atoms with Crippen LogP contribution in [0, 0.1) is 5.82 Å². The highest BCUT2D eigenvalue weighted by Gasteiger charge is 2.32. The van der Waals surface area contributed by atoms with Crippen LogP contribution in [0.15, 0.2) is 18.2 Å². The maximum absolute atomic E-state index is 14.5. The Morgan fingerprint density at radius 3 is 2.96 bits per heavy atom. The lowest BCUT2D eigenvalue weighted by atomic mass is 10.2. The van der Waals surface area contributed by atoms with Gasteiger partial charge in [0, 0.05) is 19.0 Å². The van der Waals surface area contributed by atoms with Gasteiger partial charge in [0.2, 0.25) is 5.91 Å². The van der Waals surface area contributed by atoms with Crippen LogP contribution in [-0.4, -0.2) is 41.4 Å². The minimum atomic E-state index is -0.580. The van der Waals surface area contributed by atoms with E-state index in [2.05, 4.69) is 15.5 Å². The van der Waals surface area contributed by atoms with Crippen LogP contribution < -0.4 is 16.0 Å². The van der Waals surface area contributed by atoms with E-state index in [-0.39, 0.29) is 25.5 Å². The van der Waals surface area contributed by atoms with E-state index in [1.165, 1.54) is 29.2 Å². The quantitative estimate of drug-likeness (QED) is 0.825. The highest BCUT2D eigenvalue weighted by Crippen LogP contribution is 2.30. The van der Waals surface area contributed by atoms with E-state index >= 15 is 0 Å². The van der Waals surface area contributed by atoms with Crippen molar-refractivity contribution in [1.82, 2.24) is 15.5 Å². The van der Waals surface area contributed by atoms with Crippen molar-refractivity contribution in [1.29, 1.82) is 0 Å². The van der Waals surface area contributed by atoms with Crippen LogP contribution in [0.1, 0.15) is 11.9 Å². The summed E-state index contributed by atoms with van der Waals surface area (Å²) in [5.41, 5.74) is 6.16. The van der Waals surface area contributed by atoms with Gasteiger partial charge in [-0.05, 0) is 18.2 Å². The molecule has 1 aromatic carbocycles. The second-order valence-corrected chi connectivity index (χ2v) is 6.48. The zero-order chi connectivity index (χ0) is 18.0. The fourth-order valence-electron chi connectivity index (χ4n) is 2.39. The number of halogens is 1. The molecule has 1 aromatic heterocycles. The van der Waals surface area contributed by atoms with Crippen molar-refractivity contribution >= 4 is 29.0 Å². The summed E-state index contributed by atoms with van der Waals surface area (Å²) in [6.45, 7) is 2.07. The normalized spacial score (nSPS) is 16.8. The number of nitrogens with one attached hydrogen (secondary N) is 1. The number of nitrogens with zero attached hydrogens (tertiary/aromatic N) is 3. The Hall–Kier alpha value is -2.59. The smallest absolute Gasteiger partial charge is 0.414 e. The van der Waals surface area contributed by atoms with Gasteiger partial charge < -0.3 is 15.8 Å². The van der Waals surface area contributed by atoms with Crippen molar-refractivity contribution in [3.8, 4) is 10.6 Å². The fraction of sp³-hybridized carbons (Fsp3) is 0.333. The van der Waals surface area contributed by atoms with Crippen LogP contribution >= 0.6 is 11.3 Å². The Morgan fingerprint density at radius 1 is 1.52 bits per heavy atom. The Morgan fingerprint density at radius 2 is 2.32 bits per heavy atom. The molecule has 2 heterocycles. The fourth-order valence-corrected chi connectivity index (χ4v) is 3.13. The predicted octanol–water partition coefficient (Wildman–Crippen LogP) is 1.26. The van der Waals surface area contributed by atoms with Crippen molar-refractivity contribution in [2.45, 2.75) is 19.6 Å². The topological polar surface area (TPSA) is 110 Å². The molecule has 2 aromatic rings. The Kier molecular flexibility index (Phi) is 4.91. The number of carbonyl (C=O) groups is 2. The summed E-state index contributed by atoms with van der Waals surface area (Å²) >= 11 is 1.22. The second kappa shape index (κ2) is 7.11. The van der Waals surface area contributed by atoms with Crippen molar-refractivity contribution in [2.24, 2.45) is 5.73 Å². The van der Waals surface area contributed by atoms with Crippen LogP contribution in [0.5, 0.6) is 0 Å². The van der Waals surface area contributed by atoms with Crippen molar-refractivity contribution in [2.75, 3.05) is 18.0 Å². The number of rotatable bonds is 5. The molecule has 0 saturated carbocycles. The van der Waals surface area contributed by atoms with Crippen LogP contribution in [0.4, 0.5) is 14.9 Å². The molecule has 1 aliphatic heterocycles. The van der Waals surface area contributed by atoms with Gasteiger partial charge in [-0.25, -0.2) is 9.18 Å². The third kappa shape index (κ3) is 3.74. The highest BCUT2D eigenvalue weighted by molar-refractivity contribution is 7.14. The lowest BCUT2D eigenvalue weighted by molar-refractivity contribution is -0.119. The molecule has 10 heteroatoms. The van der Waals surface area contributed by atoms with Gasteiger partial charge in [-0.15, -0.1) is 10.2 Å². The third-order valence-electron chi connectivity index (χ3n) is 3.59. The molecule has 1 saturated heterocycles. The van der Waals surface area contributed by atoms with E-state index in [1.807, 2.05) is 0 Å². The molecule has 0 aliphatic carbocycles. The molecule has 8 nitrogen and oxygen atoms in total. The first-order chi connectivity index (χ1) is 12.0. The molecule has 1 unspecified atom stereocenters. The number of amides is 2. The van der Waals surface area contributed by atoms with Gasteiger partial charge in [-0.3, -0.25) is 9.69 Å². The van der Waals surface area contributed by atoms with E-state index in [9.17, 15) is 14.0 Å². The average molecular weight is 365 g/mol. The standard InChI is InChI=1S/C15H16FN5O3S/c1-8(22)18-6-10-7-21(15(23)24-10)9-2-3-11(12(16)4-9)14-20-19-13(5-17)25-14/h2-4,10H,5-7,17H2,1H3,(H,18,22). The number of benzene rings is 1. The monoisotopic (exact) mass is 365 g/mol. The summed E-state index contributed by atoms with van der Waals surface area (Å²) in [4.78, 5) is 24.2. The van der Waals surface area contributed by atoms with Crippen LogP contribution in [0.2, 0.25) is 0 Å².